The highest BCUT2D eigenvalue weighted by Gasteiger charge is 2.14. The van der Waals surface area contributed by atoms with Gasteiger partial charge >= 0.3 is 0 Å². The summed E-state index contributed by atoms with van der Waals surface area (Å²) in [7, 11) is -1.56. The molecule has 0 saturated heterocycles. The summed E-state index contributed by atoms with van der Waals surface area (Å²) in [5.74, 6) is 2.95. The van der Waals surface area contributed by atoms with Gasteiger partial charge in [-0.2, -0.15) is 0 Å². The number of hydrogen-bond donors (Lipinski definition) is 1. The molecule has 0 aliphatic rings. The third-order valence-corrected chi connectivity index (χ3v) is 4.28. The molecule has 0 saturated carbocycles. The highest BCUT2D eigenvalue weighted by molar-refractivity contribution is 6.83. The molecule has 130 valence electrons. The first-order valence-electron chi connectivity index (χ1n) is 8.41. The Balaban J connectivity index is 2.12. The van der Waals surface area contributed by atoms with Gasteiger partial charge in [0.15, 0.2) is 6.10 Å². The molecule has 3 nitrogen and oxygen atoms in total. The lowest BCUT2D eigenvalue weighted by Gasteiger charge is -2.11. The van der Waals surface area contributed by atoms with Gasteiger partial charge in [-0.3, -0.25) is 0 Å². The molecule has 0 aliphatic carbocycles. The molecule has 0 heterocycles. The van der Waals surface area contributed by atoms with E-state index in [1.807, 2.05) is 60.7 Å². The average Bonchev–Trinajstić information content (AvgIpc) is 2.60. The summed E-state index contributed by atoms with van der Waals surface area (Å²) < 4.78 is 0. The van der Waals surface area contributed by atoms with E-state index in [1.165, 1.54) is 0 Å². The first-order valence-corrected chi connectivity index (χ1v) is 11.9. The van der Waals surface area contributed by atoms with Crippen LogP contribution in [0.2, 0.25) is 19.6 Å². The van der Waals surface area contributed by atoms with Gasteiger partial charge in [-0.25, -0.2) is 0 Å². The molecule has 0 amide bonds. The van der Waals surface area contributed by atoms with Gasteiger partial charge in [0.25, 0.3) is 0 Å². The van der Waals surface area contributed by atoms with E-state index in [0.29, 0.717) is 18.7 Å². The van der Waals surface area contributed by atoms with Crippen LogP contribution in [-0.2, 0) is 17.9 Å². The second-order valence-corrected chi connectivity index (χ2v) is 11.7. The normalized spacial score (nSPS) is 12.9. The van der Waals surface area contributed by atoms with Gasteiger partial charge in [0.1, 0.15) is 20.4 Å². The third-order valence-electron chi connectivity index (χ3n) is 3.38. The van der Waals surface area contributed by atoms with E-state index >= 15 is 0 Å². The Bertz CT molecular complexity index is 740. The summed E-state index contributed by atoms with van der Waals surface area (Å²) in [4.78, 5) is 5.48. The van der Waals surface area contributed by atoms with Crippen LogP contribution < -0.4 is 0 Å². The minimum atomic E-state index is -1.56. The molecular formula is C21H25NO2Si. The molecule has 0 fully saturated rings. The second-order valence-electron chi connectivity index (χ2n) is 6.93. The summed E-state index contributed by atoms with van der Waals surface area (Å²) in [6.45, 7) is 6.80. The minimum absolute atomic E-state index is 0.368. The Labute approximate surface area is 151 Å². The average molecular weight is 352 g/mol. The van der Waals surface area contributed by atoms with Crippen LogP contribution in [0.5, 0.6) is 0 Å². The van der Waals surface area contributed by atoms with Gasteiger partial charge < -0.3 is 9.94 Å². The van der Waals surface area contributed by atoms with E-state index in [0.717, 1.165) is 11.1 Å². The minimum Gasteiger partial charge on any atom is -0.391 e. The molecule has 2 aromatic carbocycles. The number of rotatable bonds is 6. The molecule has 2 aromatic rings. The van der Waals surface area contributed by atoms with E-state index < -0.39 is 14.2 Å². The molecule has 4 heteroatoms. The van der Waals surface area contributed by atoms with Crippen molar-refractivity contribution in [3.63, 3.8) is 0 Å². The number of nitrogens with zero attached hydrogens (tertiary/aromatic N) is 1. The fraction of sp³-hybridized carbons (Fsp3) is 0.286. The number of aliphatic hydroxyl groups is 1. The van der Waals surface area contributed by atoms with Crippen LogP contribution in [-0.4, -0.2) is 25.0 Å². The van der Waals surface area contributed by atoms with E-state index in [9.17, 15) is 5.11 Å². The molecule has 0 aromatic heterocycles. The van der Waals surface area contributed by atoms with Gasteiger partial charge in [-0.1, -0.05) is 91.4 Å². The third kappa shape index (κ3) is 7.38. The zero-order valence-electron chi connectivity index (χ0n) is 15.1. The van der Waals surface area contributed by atoms with Gasteiger partial charge in [-0.15, -0.1) is 5.54 Å². The van der Waals surface area contributed by atoms with Crippen molar-refractivity contribution in [2.45, 2.75) is 38.8 Å². The Morgan fingerprint density at radius 1 is 1.00 bits per heavy atom. The Hall–Kier alpha value is -2.35. The van der Waals surface area contributed by atoms with Crippen molar-refractivity contribution in [1.82, 2.24) is 0 Å². The quantitative estimate of drug-likeness (QED) is 0.369. The van der Waals surface area contributed by atoms with Gasteiger partial charge in [0, 0.05) is 6.42 Å². The first kappa shape index (κ1) is 19.0. The fourth-order valence-electron chi connectivity index (χ4n) is 2.12. The Morgan fingerprint density at radius 2 is 1.56 bits per heavy atom. The van der Waals surface area contributed by atoms with Crippen LogP contribution >= 0.6 is 0 Å². The maximum Gasteiger partial charge on any atom is 0.156 e. The van der Waals surface area contributed by atoms with Crippen LogP contribution in [0.3, 0.4) is 0 Å². The molecule has 1 atom stereocenters. The summed E-state index contributed by atoms with van der Waals surface area (Å²) in [5.41, 5.74) is 5.84. The summed E-state index contributed by atoms with van der Waals surface area (Å²) >= 11 is 0. The van der Waals surface area contributed by atoms with Gasteiger partial charge in [0.2, 0.25) is 0 Å². The molecule has 2 rings (SSSR count). The lowest BCUT2D eigenvalue weighted by atomic mass is 10.1. The number of hydrogen-bond acceptors (Lipinski definition) is 3. The summed E-state index contributed by atoms with van der Waals surface area (Å²) in [6.07, 6.45) is -0.403. The van der Waals surface area contributed by atoms with Crippen molar-refractivity contribution in [3.05, 3.63) is 71.8 Å². The standard InChI is InChI=1S/C21H25NO2Si/c1-25(2,3)15-14-21(23)20(16-18-10-6-4-7-11-18)22-24-17-19-12-8-5-9-13-19/h4-13,21,23H,16-17H2,1-3H3. The predicted octanol–water partition coefficient (Wildman–Crippen LogP) is 4.04. The second kappa shape index (κ2) is 9.21. The maximum absolute atomic E-state index is 10.5. The van der Waals surface area contributed by atoms with Crippen molar-refractivity contribution < 1.29 is 9.94 Å². The molecule has 1 N–H and O–H groups in total. The zero-order valence-corrected chi connectivity index (χ0v) is 16.1. The first-order chi connectivity index (χ1) is 11.9. The predicted molar refractivity (Wildman–Crippen MR) is 106 cm³/mol. The Morgan fingerprint density at radius 3 is 2.12 bits per heavy atom. The highest BCUT2D eigenvalue weighted by atomic mass is 28.3. The van der Waals surface area contributed by atoms with Crippen molar-refractivity contribution in [2.75, 3.05) is 0 Å². The molecule has 0 bridgehead atoms. The van der Waals surface area contributed by atoms with Crippen molar-refractivity contribution in [2.24, 2.45) is 5.16 Å². The van der Waals surface area contributed by atoms with Crippen molar-refractivity contribution >= 4 is 13.8 Å². The largest absolute Gasteiger partial charge is 0.391 e. The molecular weight excluding hydrogens is 326 g/mol. The number of aliphatic hydroxyl groups excluding tert-OH is 1. The fourth-order valence-corrected chi connectivity index (χ4v) is 2.69. The zero-order chi connectivity index (χ0) is 18.1. The molecule has 0 aliphatic heterocycles. The van der Waals surface area contributed by atoms with E-state index in [1.54, 1.807) is 0 Å². The molecule has 0 spiro atoms. The molecule has 0 radical (unpaired) electrons. The van der Waals surface area contributed by atoms with Crippen LogP contribution in [0, 0.1) is 11.5 Å². The lowest BCUT2D eigenvalue weighted by Crippen LogP contribution is -2.24. The van der Waals surface area contributed by atoms with Gasteiger partial charge in [0.05, 0.1) is 0 Å². The van der Waals surface area contributed by atoms with Crippen LogP contribution in [0.1, 0.15) is 11.1 Å². The van der Waals surface area contributed by atoms with Crippen LogP contribution in [0.25, 0.3) is 0 Å². The summed E-state index contributed by atoms with van der Waals surface area (Å²) in [5, 5.41) is 14.7. The summed E-state index contributed by atoms with van der Waals surface area (Å²) in [6, 6.07) is 19.8. The smallest absolute Gasteiger partial charge is 0.156 e. The van der Waals surface area contributed by atoms with Crippen molar-refractivity contribution in [1.29, 1.82) is 0 Å². The molecule has 1 unspecified atom stereocenters. The highest BCUT2D eigenvalue weighted by Crippen LogP contribution is 2.07. The van der Waals surface area contributed by atoms with E-state index in [2.05, 4.69) is 36.3 Å². The van der Waals surface area contributed by atoms with E-state index in [4.69, 9.17) is 4.84 Å². The maximum atomic E-state index is 10.5. The SMILES string of the molecule is C[Si](C)(C)C#CC(O)C(Cc1ccccc1)=NOCc1ccccc1. The van der Waals surface area contributed by atoms with E-state index in [-0.39, 0.29) is 0 Å². The monoisotopic (exact) mass is 351 g/mol. The Kier molecular flexibility index (Phi) is 6.99. The number of oxime groups is 1. The van der Waals surface area contributed by atoms with Crippen LogP contribution in [0.4, 0.5) is 0 Å². The lowest BCUT2D eigenvalue weighted by molar-refractivity contribution is 0.126. The van der Waals surface area contributed by atoms with Crippen LogP contribution in [0.15, 0.2) is 65.8 Å². The van der Waals surface area contributed by atoms with Gasteiger partial charge in [-0.05, 0) is 11.1 Å². The number of benzene rings is 2. The topological polar surface area (TPSA) is 41.8 Å². The molecule has 25 heavy (non-hydrogen) atoms. The van der Waals surface area contributed by atoms with Crippen molar-refractivity contribution in [3.8, 4) is 11.5 Å².